The number of hydrogen-bond acceptors (Lipinski definition) is 10. The van der Waals surface area contributed by atoms with E-state index in [0.29, 0.717) is 42.9 Å². The zero-order valence-corrected chi connectivity index (χ0v) is 24.2. The minimum atomic E-state index is -0.250. The van der Waals surface area contributed by atoms with Gasteiger partial charge in [-0.1, -0.05) is 12.1 Å². The van der Waals surface area contributed by atoms with Crippen LogP contribution in [-0.2, 0) is 0 Å². The number of carbonyl (C=O) groups is 2. The third-order valence-corrected chi connectivity index (χ3v) is 6.81. The lowest BCUT2D eigenvalue weighted by molar-refractivity contribution is -0.488. The molecule has 0 saturated heterocycles. The topological polar surface area (TPSA) is 194 Å². The summed E-state index contributed by atoms with van der Waals surface area (Å²) in [6.07, 6.45) is 0. The summed E-state index contributed by atoms with van der Waals surface area (Å²) in [6.45, 7) is 1.73. The molecule has 0 aromatic heterocycles. The molecular weight excluding hydrogens is 651 g/mol. The van der Waals surface area contributed by atoms with E-state index in [9.17, 15) is 14.5 Å². The molecule has 210 valence electrons. The van der Waals surface area contributed by atoms with Gasteiger partial charge in [-0.15, -0.1) is 4.91 Å². The Bertz CT molecular complexity index is 1700. The van der Waals surface area contributed by atoms with Crippen LogP contribution >= 0.6 is 22.6 Å². The summed E-state index contributed by atoms with van der Waals surface area (Å²) in [5.74, 6) is -0.438. The lowest BCUT2D eigenvalue weighted by atomic mass is 10.0. The first kappa shape index (κ1) is 29.7. The van der Waals surface area contributed by atoms with Crippen molar-refractivity contribution in [3.8, 4) is 0 Å². The van der Waals surface area contributed by atoms with Gasteiger partial charge >= 0.3 is 0 Å². The van der Waals surface area contributed by atoms with Crippen molar-refractivity contribution in [1.82, 2.24) is 0 Å². The highest BCUT2D eigenvalue weighted by Crippen LogP contribution is 2.25. The fourth-order valence-electron chi connectivity index (χ4n) is 3.58. The number of azo groups is 1. The molecule has 14 heteroatoms. The number of nitrogens with two attached hydrogens (primary N) is 1. The molecule has 13 nitrogen and oxygen atoms in total. The Hall–Kier alpha value is -5.25. The minimum Gasteiger partial charge on any atom is -0.435 e. The van der Waals surface area contributed by atoms with Crippen molar-refractivity contribution < 1.29 is 14.4 Å². The minimum absolute atomic E-state index is 0.137. The van der Waals surface area contributed by atoms with E-state index in [1.165, 1.54) is 6.07 Å². The van der Waals surface area contributed by atoms with Crippen molar-refractivity contribution in [1.29, 1.82) is 5.53 Å². The normalized spacial score (nSPS) is 11.0. The summed E-state index contributed by atoms with van der Waals surface area (Å²) in [7, 11) is 0. The van der Waals surface area contributed by atoms with Crippen LogP contribution in [0.1, 0.15) is 37.4 Å². The van der Waals surface area contributed by atoms with Crippen LogP contribution in [0.3, 0.4) is 0 Å². The molecule has 3 N–H and O–H groups in total. The maximum atomic E-state index is 12.7. The van der Waals surface area contributed by atoms with Crippen LogP contribution in [0.2, 0.25) is 0 Å². The Morgan fingerprint density at radius 1 is 0.857 bits per heavy atom. The van der Waals surface area contributed by atoms with Crippen LogP contribution < -0.4 is 5.73 Å². The average molecular weight is 673 g/mol. The fourth-order valence-corrected chi connectivity index (χ4v) is 4.01. The van der Waals surface area contributed by atoms with E-state index in [0.717, 1.165) is 10.4 Å². The molecule has 0 aliphatic heterocycles. The van der Waals surface area contributed by atoms with Crippen molar-refractivity contribution in [3.63, 3.8) is 0 Å². The molecule has 0 fully saturated rings. The first-order valence-electron chi connectivity index (χ1n) is 12.2. The van der Waals surface area contributed by atoms with E-state index in [2.05, 4.69) is 36.8 Å². The second-order valence-corrected chi connectivity index (χ2v) is 9.85. The number of benzene rings is 4. The molecule has 0 aliphatic carbocycles. The highest BCUT2D eigenvalue weighted by atomic mass is 127. The number of anilines is 1. The zero-order chi connectivity index (χ0) is 30.1. The van der Waals surface area contributed by atoms with Crippen molar-refractivity contribution in [2.24, 2.45) is 25.9 Å². The number of nitrogens with one attached hydrogen (secondary N) is 1. The van der Waals surface area contributed by atoms with Crippen LogP contribution in [0.5, 0.6) is 0 Å². The number of rotatable bonds is 12. The predicted octanol–water partition coefficient (Wildman–Crippen LogP) is 8.40. The SMILES string of the molecule is Cc1ccc(C(=O)c2ccc([N+](=N)[N-]N=N[N-]CN=Nc3ccc(C(=O)c4ccc(I)c(N=O)c4)cc3)cc2)cc1N. The molecule has 0 amide bonds. The Morgan fingerprint density at radius 2 is 1.45 bits per heavy atom. The average Bonchev–Trinajstić information content (AvgIpc) is 3.01. The Labute approximate surface area is 253 Å². The van der Waals surface area contributed by atoms with Gasteiger partial charge in [0.1, 0.15) is 11.4 Å². The summed E-state index contributed by atoms with van der Waals surface area (Å²) in [5.41, 5.74) is 25.3. The van der Waals surface area contributed by atoms with Crippen LogP contribution in [0.4, 0.5) is 22.7 Å². The van der Waals surface area contributed by atoms with E-state index in [1.54, 1.807) is 78.9 Å². The summed E-state index contributed by atoms with van der Waals surface area (Å²) in [5, 5.41) is 17.8. The molecular formula is C28H22IN10O3-. The van der Waals surface area contributed by atoms with Crippen molar-refractivity contribution in [2.45, 2.75) is 6.92 Å². The lowest BCUT2D eigenvalue weighted by Gasteiger charge is -2.13. The van der Waals surface area contributed by atoms with E-state index in [4.69, 9.17) is 11.3 Å². The van der Waals surface area contributed by atoms with Gasteiger partial charge in [-0.2, -0.15) is 15.0 Å². The highest BCUT2D eigenvalue weighted by molar-refractivity contribution is 14.1. The first-order valence-corrected chi connectivity index (χ1v) is 13.3. The van der Waals surface area contributed by atoms with Crippen LogP contribution in [0.25, 0.3) is 11.0 Å². The maximum Gasteiger partial charge on any atom is 0.193 e. The third kappa shape index (κ3) is 7.48. The Kier molecular flexibility index (Phi) is 9.83. The number of halogens is 1. The number of ketones is 2. The van der Waals surface area contributed by atoms with E-state index in [-0.39, 0.29) is 23.9 Å². The highest BCUT2D eigenvalue weighted by Gasteiger charge is 2.12. The van der Waals surface area contributed by atoms with Gasteiger partial charge in [-0.3, -0.25) is 15.1 Å². The van der Waals surface area contributed by atoms with Crippen molar-refractivity contribution in [3.05, 3.63) is 132 Å². The molecule has 0 atom stereocenters. The second kappa shape index (κ2) is 13.9. The van der Waals surface area contributed by atoms with E-state index < -0.39 is 0 Å². The molecule has 0 saturated carbocycles. The lowest BCUT2D eigenvalue weighted by Crippen LogP contribution is -2.03. The largest absolute Gasteiger partial charge is 0.435 e. The molecule has 4 aromatic rings. The van der Waals surface area contributed by atoms with E-state index in [1.807, 2.05) is 29.5 Å². The molecule has 0 unspecified atom stereocenters. The standard InChI is InChI=1S/C28H23IN10O3/c1-17-2-3-20(14-25(17)30)27(40)19-6-11-23(12-7-19)39(31)38-37-36-33-16-32-34-22-9-4-18(5-10-22)28(41)21-8-13-24(29)26(15-21)35-42/h2-15,31H,16,30H2,1H3,(H,33,37,40)/p-1. The number of nitrogen functional groups attached to an aromatic ring is 1. The summed E-state index contributed by atoms with van der Waals surface area (Å²) < 4.78 is 0.663. The molecule has 42 heavy (non-hydrogen) atoms. The second-order valence-electron chi connectivity index (χ2n) is 8.69. The van der Waals surface area contributed by atoms with Gasteiger partial charge < -0.3 is 21.6 Å². The smallest absolute Gasteiger partial charge is 0.193 e. The Morgan fingerprint density at radius 3 is 2.10 bits per heavy atom. The third-order valence-electron chi connectivity index (χ3n) is 5.90. The number of carbonyl (C=O) groups excluding carboxylic acids is 2. The molecule has 0 aliphatic rings. The van der Waals surface area contributed by atoms with Crippen LogP contribution in [-0.4, -0.2) is 23.0 Å². The molecule has 4 rings (SSSR count). The van der Waals surface area contributed by atoms with Gasteiger partial charge in [-0.05, 0) is 113 Å². The van der Waals surface area contributed by atoms with Crippen LogP contribution in [0, 0.1) is 20.9 Å². The predicted molar refractivity (Wildman–Crippen MR) is 164 cm³/mol. The van der Waals surface area contributed by atoms with Crippen LogP contribution in [0.15, 0.2) is 111 Å². The Balaban J connectivity index is 1.22. The fraction of sp³-hybridized carbons (Fsp3) is 0.0714. The quantitative estimate of drug-likeness (QED) is 0.0223. The number of nitroso groups, excluding NO2 is 1. The summed E-state index contributed by atoms with van der Waals surface area (Å²) in [4.78, 5) is 37.0. The van der Waals surface area contributed by atoms with Crippen molar-refractivity contribution >= 4 is 56.9 Å². The monoisotopic (exact) mass is 673 g/mol. The molecule has 0 spiro atoms. The number of nitrogens with zero attached hydrogens (tertiary/aromatic N) is 8. The first-order chi connectivity index (χ1) is 20.3. The van der Waals surface area contributed by atoms with Gasteiger partial charge in [-0.25, -0.2) is 5.53 Å². The van der Waals surface area contributed by atoms with Gasteiger partial charge in [0.05, 0.1) is 12.4 Å². The van der Waals surface area contributed by atoms with E-state index >= 15 is 0 Å². The summed E-state index contributed by atoms with van der Waals surface area (Å²) in [6, 6.07) is 22.6. The molecule has 0 radical (unpaired) electrons. The summed E-state index contributed by atoms with van der Waals surface area (Å²) >= 11 is 1.98. The van der Waals surface area contributed by atoms with Gasteiger partial charge in [0.2, 0.25) is 0 Å². The van der Waals surface area contributed by atoms with Gasteiger partial charge in [0, 0.05) is 31.5 Å². The van der Waals surface area contributed by atoms with Gasteiger partial charge in [0.15, 0.2) is 11.6 Å². The van der Waals surface area contributed by atoms with Crippen molar-refractivity contribution in [2.75, 3.05) is 12.4 Å². The molecule has 4 aromatic carbocycles. The van der Waals surface area contributed by atoms with Gasteiger partial charge in [0.25, 0.3) is 0 Å². The molecule has 0 heterocycles. The number of hydrogen-bond donors (Lipinski definition) is 2. The number of aryl methyl sites for hydroxylation is 1. The maximum absolute atomic E-state index is 12.7. The molecule has 0 bridgehead atoms. The zero-order valence-electron chi connectivity index (χ0n) is 22.0.